The maximum atomic E-state index is 11.4. The Kier molecular flexibility index (Phi) is 5.15. The van der Waals surface area contributed by atoms with Gasteiger partial charge in [0.05, 0.1) is 19.1 Å². The number of benzene rings is 1. The largest absolute Gasteiger partial charge is 0.469 e. The SMILES string of the molecule is COC(=O)Cc1ccccc1CNCC1(O)CCCC1. The van der Waals surface area contributed by atoms with Crippen molar-refractivity contribution in [1.29, 1.82) is 0 Å². The highest BCUT2D eigenvalue weighted by atomic mass is 16.5. The number of rotatable bonds is 6. The molecule has 1 aromatic carbocycles. The van der Waals surface area contributed by atoms with Gasteiger partial charge in [-0.1, -0.05) is 37.1 Å². The Bertz CT molecular complexity index is 453. The third kappa shape index (κ3) is 4.05. The molecule has 4 nitrogen and oxygen atoms in total. The summed E-state index contributed by atoms with van der Waals surface area (Å²) in [6.07, 6.45) is 4.26. The predicted octanol–water partition coefficient (Wildman–Crippen LogP) is 1.80. The van der Waals surface area contributed by atoms with E-state index in [1.165, 1.54) is 7.11 Å². The molecule has 0 heterocycles. The Morgan fingerprint density at radius 2 is 1.95 bits per heavy atom. The van der Waals surface area contributed by atoms with Gasteiger partial charge < -0.3 is 15.2 Å². The lowest BCUT2D eigenvalue weighted by molar-refractivity contribution is -0.139. The summed E-state index contributed by atoms with van der Waals surface area (Å²) < 4.78 is 4.71. The number of hydrogen-bond donors (Lipinski definition) is 2. The second-order valence-corrected chi connectivity index (χ2v) is 5.56. The van der Waals surface area contributed by atoms with E-state index in [1.54, 1.807) is 0 Å². The van der Waals surface area contributed by atoms with Crippen LogP contribution >= 0.6 is 0 Å². The average molecular weight is 277 g/mol. The molecule has 0 aromatic heterocycles. The Hall–Kier alpha value is -1.39. The summed E-state index contributed by atoms with van der Waals surface area (Å²) in [5.74, 6) is -0.230. The zero-order chi connectivity index (χ0) is 14.4. The number of hydrogen-bond acceptors (Lipinski definition) is 4. The molecule has 0 spiro atoms. The molecule has 0 saturated heterocycles. The van der Waals surface area contributed by atoms with Gasteiger partial charge in [0.1, 0.15) is 0 Å². The number of carbonyl (C=O) groups excluding carboxylic acids is 1. The van der Waals surface area contributed by atoms with Gasteiger partial charge in [-0.3, -0.25) is 4.79 Å². The molecule has 0 radical (unpaired) electrons. The van der Waals surface area contributed by atoms with E-state index in [4.69, 9.17) is 4.74 Å². The van der Waals surface area contributed by atoms with Crippen LogP contribution in [0.2, 0.25) is 0 Å². The van der Waals surface area contributed by atoms with Crippen LogP contribution in [0.3, 0.4) is 0 Å². The van der Waals surface area contributed by atoms with Crippen LogP contribution in [0.25, 0.3) is 0 Å². The van der Waals surface area contributed by atoms with Crippen LogP contribution in [0.4, 0.5) is 0 Å². The minimum atomic E-state index is -0.544. The molecule has 0 atom stereocenters. The highest BCUT2D eigenvalue weighted by molar-refractivity contribution is 5.72. The number of aliphatic hydroxyl groups is 1. The van der Waals surface area contributed by atoms with E-state index in [-0.39, 0.29) is 5.97 Å². The lowest BCUT2D eigenvalue weighted by Gasteiger charge is -2.22. The molecule has 0 unspecified atom stereocenters. The smallest absolute Gasteiger partial charge is 0.309 e. The van der Waals surface area contributed by atoms with E-state index >= 15 is 0 Å². The molecule has 1 aliphatic rings. The molecule has 20 heavy (non-hydrogen) atoms. The molecule has 0 amide bonds. The van der Waals surface area contributed by atoms with Crippen molar-refractivity contribution in [2.24, 2.45) is 0 Å². The van der Waals surface area contributed by atoms with Crippen molar-refractivity contribution in [2.45, 2.75) is 44.2 Å². The Morgan fingerprint density at radius 3 is 2.60 bits per heavy atom. The van der Waals surface area contributed by atoms with Crippen molar-refractivity contribution in [1.82, 2.24) is 5.32 Å². The molecule has 2 N–H and O–H groups in total. The highest BCUT2D eigenvalue weighted by Crippen LogP contribution is 2.28. The van der Waals surface area contributed by atoms with Crippen molar-refractivity contribution >= 4 is 5.97 Å². The lowest BCUT2D eigenvalue weighted by atomic mass is 10.0. The number of esters is 1. The van der Waals surface area contributed by atoms with Crippen LogP contribution in [0.5, 0.6) is 0 Å². The summed E-state index contributed by atoms with van der Waals surface area (Å²) in [6, 6.07) is 7.83. The standard InChI is InChI=1S/C16H23NO3/c1-20-15(18)10-13-6-2-3-7-14(13)11-17-12-16(19)8-4-5-9-16/h2-3,6-7,17,19H,4-5,8-12H2,1H3. The van der Waals surface area contributed by atoms with Gasteiger partial charge in [0.15, 0.2) is 0 Å². The van der Waals surface area contributed by atoms with Gasteiger partial charge in [-0.25, -0.2) is 0 Å². The predicted molar refractivity (Wildman–Crippen MR) is 77.3 cm³/mol. The molecule has 2 rings (SSSR count). The van der Waals surface area contributed by atoms with Crippen molar-refractivity contribution < 1.29 is 14.6 Å². The molecule has 0 aliphatic heterocycles. The first-order valence-corrected chi connectivity index (χ1v) is 7.20. The van der Waals surface area contributed by atoms with E-state index in [2.05, 4.69) is 5.32 Å². The van der Waals surface area contributed by atoms with Gasteiger partial charge in [-0.05, 0) is 24.0 Å². The van der Waals surface area contributed by atoms with Gasteiger partial charge in [-0.2, -0.15) is 0 Å². The van der Waals surface area contributed by atoms with Crippen molar-refractivity contribution in [3.63, 3.8) is 0 Å². The zero-order valence-corrected chi connectivity index (χ0v) is 12.0. The number of methoxy groups -OCH3 is 1. The first-order chi connectivity index (χ1) is 9.63. The highest BCUT2D eigenvalue weighted by Gasteiger charge is 2.30. The Morgan fingerprint density at radius 1 is 1.30 bits per heavy atom. The normalized spacial score (nSPS) is 17.1. The monoisotopic (exact) mass is 277 g/mol. The summed E-state index contributed by atoms with van der Waals surface area (Å²) in [7, 11) is 1.40. The van der Waals surface area contributed by atoms with E-state index in [0.29, 0.717) is 19.5 Å². The van der Waals surface area contributed by atoms with Crippen molar-refractivity contribution in [2.75, 3.05) is 13.7 Å². The van der Waals surface area contributed by atoms with E-state index in [1.807, 2.05) is 24.3 Å². The zero-order valence-electron chi connectivity index (χ0n) is 12.0. The van der Waals surface area contributed by atoms with Gasteiger partial charge >= 0.3 is 5.97 Å². The molecular formula is C16H23NO3. The number of nitrogens with one attached hydrogen (secondary N) is 1. The van der Waals surface area contributed by atoms with Gasteiger partial charge in [0.25, 0.3) is 0 Å². The van der Waals surface area contributed by atoms with Gasteiger partial charge in [-0.15, -0.1) is 0 Å². The van der Waals surface area contributed by atoms with Crippen LogP contribution in [0, 0.1) is 0 Å². The van der Waals surface area contributed by atoms with Crippen LogP contribution in [-0.2, 0) is 22.5 Å². The van der Waals surface area contributed by atoms with Gasteiger partial charge in [0.2, 0.25) is 0 Å². The topological polar surface area (TPSA) is 58.6 Å². The van der Waals surface area contributed by atoms with Gasteiger partial charge in [0, 0.05) is 13.1 Å². The molecule has 1 saturated carbocycles. The maximum Gasteiger partial charge on any atom is 0.309 e. The summed E-state index contributed by atoms with van der Waals surface area (Å²) in [4.78, 5) is 11.4. The first-order valence-electron chi connectivity index (χ1n) is 7.20. The fraction of sp³-hybridized carbons (Fsp3) is 0.562. The second-order valence-electron chi connectivity index (χ2n) is 5.56. The quantitative estimate of drug-likeness (QED) is 0.778. The lowest BCUT2D eigenvalue weighted by Crippen LogP contribution is -2.37. The minimum absolute atomic E-state index is 0.230. The molecule has 1 fully saturated rings. The third-order valence-corrected chi connectivity index (χ3v) is 3.98. The van der Waals surface area contributed by atoms with Crippen LogP contribution < -0.4 is 5.32 Å². The summed E-state index contributed by atoms with van der Waals surface area (Å²) in [5.41, 5.74) is 1.52. The van der Waals surface area contributed by atoms with Crippen molar-refractivity contribution in [3.8, 4) is 0 Å². The number of ether oxygens (including phenoxy) is 1. The fourth-order valence-electron chi connectivity index (χ4n) is 2.77. The summed E-state index contributed by atoms with van der Waals surface area (Å²) in [6.45, 7) is 1.27. The fourth-order valence-corrected chi connectivity index (χ4v) is 2.77. The maximum absolute atomic E-state index is 11.4. The first kappa shape index (κ1) is 15.0. The Labute approximate surface area is 120 Å². The van der Waals surface area contributed by atoms with Crippen LogP contribution in [0.1, 0.15) is 36.8 Å². The van der Waals surface area contributed by atoms with Crippen LogP contribution in [-0.4, -0.2) is 30.3 Å². The molecule has 1 aromatic rings. The average Bonchev–Trinajstić information content (AvgIpc) is 2.87. The van der Waals surface area contributed by atoms with Crippen molar-refractivity contribution in [3.05, 3.63) is 35.4 Å². The van der Waals surface area contributed by atoms with E-state index in [9.17, 15) is 9.90 Å². The summed E-state index contributed by atoms with van der Waals surface area (Å²) >= 11 is 0. The molecular weight excluding hydrogens is 254 g/mol. The van der Waals surface area contributed by atoms with E-state index < -0.39 is 5.60 Å². The third-order valence-electron chi connectivity index (χ3n) is 3.98. The summed E-state index contributed by atoms with van der Waals surface area (Å²) in [5, 5.41) is 13.6. The molecule has 4 heteroatoms. The molecule has 110 valence electrons. The second kappa shape index (κ2) is 6.86. The molecule has 1 aliphatic carbocycles. The Balaban J connectivity index is 1.90. The number of carbonyl (C=O) groups is 1. The molecule has 0 bridgehead atoms. The van der Waals surface area contributed by atoms with Crippen LogP contribution in [0.15, 0.2) is 24.3 Å². The van der Waals surface area contributed by atoms with E-state index in [0.717, 1.165) is 36.8 Å². The minimum Gasteiger partial charge on any atom is -0.469 e.